The van der Waals surface area contributed by atoms with Gasteiger partial charge in [0.2, 0.25) is 0 Å². The van der Waals surface area contributed by atoms with E-state index < -0.39 is 92.7 Å². The van der Waals surface area contributed by atoms with Gasteiger partial charge in [-0.1, -0.05) is 219 Å². The lowest BCUT2D eigenvalue weighted by atomic mass is 9.98. The first-order valence-corrected chi connectivity index (χ1v) is 28.6. The van der Waals surface area contributed by atoms with Gasteiger partial charge in [0.05, 0.1) is 19.8 Å². The van der Waals surface area contributed by atoms with Crippen molar-refractivity contribution in [2.45, 2.75) is 313 Å². The van der Waals surface area contributed by atoms with Crippen LogP contribution in [0.15, 0.2) is 0 Å². The maximum absolute atomic E-state index is 13.0. The van der Waals surface area contributed by atoms with E-state index in [0.717, 1.165) is 38.5 Å². The lowest BCUT2D eigenvalue weighted by Crippen LogP contribution is -2.61. The molecule has 7 N–H and O–H groups in total. The minimum atomic E-state index is -1.76. The average molecular weight is 1010 g/mol. The van der Waals surface area contributed by atoms with Crippen molar-refractivity contribution in [3.05, 3.63) is 0 Å². The fourth-order valence-corrected chi connectivity index (χ4v) is 9.40. The molecule has 0 bridgehead atoms. The Hall–Kier alpha value is -1.50. The molecule has 2 rings (SSSR count). The van der Waals surface area contributed by atoms with E-state index >= 15 is 0 Å². The third-order valence-electron chi connectivity index (χ3n) is 14.1. The Labute approximate surface area is 423 Å². The van der Waals surface area contributed by atoms with Gasteiger partial charge in [-0.3, -0.25) is 9.59 Å². The van der Waals surface area contributed by atoms with Crippen molar-refractivity contribution in [2.24, 2.45) is 0 Å². The van der Waals surface area contributed by atoms with Gasteiger partial charge in [0, 0.05) is 12.8 Å². The molecule has 2 aliphatic heterocycles. The Morgan fingerprint density at radius 2 is 0.729 bits per heavy atom. The zero-order valence-corrected chi connectivity index (χ0v) is 44.0. The smallest absolute Gasteiger partial charge is 0.306 e. The number of aliphatic hydroxyl groups is 7. The van der Waals surface area contributed by atoms with Crippen LogP contribution in [0.4, 0.5) is 0 Å². The highest BCUT2D eigenvalue weighted by Gasteiger charge is 2.47. The van der Waals surface area contributed by atoms with Crippen molar-refractivity contribution in [3.8, 4) is 0 Å². The number of aliphatic hydroxyl groups excluding tert-OH is 7. The van der Waals surface area contributed by atoms with Gasteiger partial charge < -0.3 is 64.2 Å². The van der Waals surface area contributed by atoms with Crippen LogP contribution in [0.25, 0.3) is 0 Å². The first-order valence-electron chi connectivity index (χ1n) is 28.6. The van der Waals surface area contributed by atoms with Gasteiger partial charge in [0.1, 0.15) is 55.4 Å². The Balaban J connectivity index is 1.75. The Morgan fingerprint density at radius 1 is 0.400 bits per heavy atom. The minimum Gasteiger partial charge on any atom is -0.462 e. The largest absolute Gasteiger partial charge is 0.462 e. The molecule has 15 nitrogen and oxygen atoms in total. The SMILES string of the molecule is CCCCCCCCCCCCCCCCCCCCC(=O)OC[C@@H](CO[C@@H]1O[C@H](CO[C@@H]2O[C@H](CO)[C@H](O)C(O)C2O)[C@H](O)C(O)C1O)OC(=O)CCCCCCCCCCCCCCCCCC. The monoisotopic (exact) mass is 1000 g/mol. The fourth-order valence-electron chi connectivity index (χ4n) is 9.40. The van der Waals surface area contributed by atoms with Crippen LogP contribution in [0, 0.1) is 0 Å². The van der Waals surface area contributed by atoms with Crippen LogP contribution < -0.4 is 0 Å². The predicted molar refractivity (Wildman–Crippen MR) is 271 cm³/mol. The molecule has 11 atom stereocenters. The summed E-state index contributed by atoms with van der Waals surface area (Å²) in [6.45, 7) is 2.65. The van der Waals surface area contributed by atoms with Crippen LogP contribution in [-0.4, -0.2) is 142 Å². The number of carbonyl (C=O) groups is 2. The first kappa shape index (κ1) is 64.6. The molecule has 4 unspecified atom stereocenters. The molecule has 2 aliphatic rings. The zero-order chi connectivity index (χ0) is 51.0. The molecule has 2 heterocycles. The quantitative estimate of drug-likeness (QED) is 0.0223. The lowest BCUT2D eigenvalue weighted by Gasteiger charge is -2.42. The van der Waals surface area contributed by atoms with Gasteiger partial charge in [-0.15, -0.1) is 0 Å². The molecule has 0 saturated carbocycles. The standard InChI is InChI=1S/C55H104O15/c1-3-5-7-9-11-13-15-17-19-21-22-24-25-27-29-31-33-35-37-46(57)65-40-43(68-47(58)38-36-34-32-30-28-26-23-20-18-16-14-12-10-8-6-4-2)41-66-54-53(64)51(62)49(60)45(70-54)42-67-55-52(63)50(61)48(59)44(39-56)69-55/h43-45,48-56,59-64H,3-42H2,1-2H3/t43-,44+,45+,48-,49-,50?,51?,52?,53?,54+,55+/m0/s1. The number of hydrogen-bond acceptors (Lipinski definition) is 15. The second-order valence-corrected chi connectivity index (χ2v) is 20.5. The molecule has 0 aromatic rings. The van der Waals surface area contributed by atoms with E-state index in [0.29, 0.717) is 12.8 Å². The summed E-state index contributed by atoms with van der Waals surface area (Å²) in [6.07, 6.45) is 25.5. The van der Waals surface area contributed by atoms with E-state index in [1.165, 1.54) is 167 Å². The van der Waals surface area contributed by atoms with Crippen molar-refractivity contribution < 1.29 is 73.8 Å². The van der Waals surface area contributed by atoms with Crippen LogP contribution in [-0.2, 0) is 38.0 Å². The molecule has 414 valence electrons. The molecule has 0 amide bonds. The number of ether oxygens (including phenoxy) is 6. The predicted octanol–water partition coefficient (Wildman–Crippen LogP) is 9.17. The summed E-state index contributed by atoms with van der Waals surface area (Å²) in [6, 6.07) is 0. The summed E-state index contributed by atoms with van der Waals surface area (Å²) < 4.78 is 33.7. The molecule has 0 radical (unpaired) electrons. The number of unbranched alkanes of at least 4 members (excludes halogenated alkanes) is 32. The third kappa shape index (κ3) is 30.0. The topological polar surface area (TPSA) is 231 Å². The van der Waals surface area contributed by atoms with Gasteiger partial charge in [-0.05, 0) is 12.8 Å². The molecule has 0 aromatic carbocycles. The van der Waals surface area contributed by atoms with Crippen LogP contribution in [0.2, 0.25) is 0 Å². The van der Waals surface area contributed by atoms with Crippen molar-refractivity contribution in [1.82, 2.24) is 0 Å². The minimum absolute atomic E-state index is 0.174. The summed E-state index contributed by atoms with van der Waals surface area (Å²) in [5, 5.41) is 72.2. The average Bonchev–Trinajstić information content (AvgIpc) is 3.35. The van der Waals surface area contributed by atoms with Gasteiger partial charge in [-0.25, -0.2) is 0 Å². The molecule has 2 saturated heterocycles. The maximum Gasteiger partial charge on any atom is 0.306 e. The fraction of sp³-hybridized carbons (Fsp3) is 0.964. The van der Waals surface area contributed by atoms with Crippen LogP contribution in [0.1, 0.15) is 245 Å². The number of carbonyl (C=O) groups excluding carboxylic acids is 2. The Kier molecular flexibility index (Phi) is 39.5. The highest BCUT2D eigenvalue weighted by molar-refractivity contribution is 5.70. The van der Waals surface area contributed by atoms with Crippen molar-refractivity contribution >= 4 is 11.9 Å². The van der Waals surface area contributed by atoms with E-state index in [1.807, 2.05) is 0 Å². The van der Waals surface area contributed by atoms with Crippen LogP contribution in [0.3, 0.4) is 0 Å². The molecule has 0 aliphatic carbocycles. The summed E-state index contributed by atoms with van der Waals surface area (Å²) in [5.74, 6) is -0.905. The van der Waals surface area contributed by atoms with E-state index in [9.17, 15) is 45.3 Å². The van der Waals surface area contributed by atoms with E-state index in [2.05, 4.69) is 13.8 Å². The molecule has 70 heavy (non-hydrogen) atoms. The summed E-state index contributed by atoms with van der Waals surface area (Å²) >= 11 is 0. The summed E-state index contributed by atoms with van der Waals surface area (Å²) in [7, 11) is 0. The zero-order valence-electron chi connectivity index (χ0n) is 44.0. The van der Waals surface area contributed by atoms with Crippen molar-refractivity contribution in [1.29, 1.82) is 0 Å². The molecule has 0 spiro atoms. The molecule has 0 aromatic heterocycles. The molecule has 15 heteroatoms. The van der Waals surface area contributed by atoms with E-state index in [-0.39, 0.29) is 26.1 Å². The second kappa shape index (κ2) is 42.8. The maximum atomic E-state index is 13.0. The first-order chi connectivity index (χ1) is 34.0. The van der Waals surface area contributed by atoms with Gasteiger partial charge in [0.15, 0.2) is 18.7 Å². The molecule has 2 fully saturated rings. The third-order valence-corrected chi connectivity index (χ3v) is 14.1. The Morgan fingerprint density at radius 3 is 1.11 bits per heavy atom. The van der Waals surface area contributed by atoms with E-state index in [4.69, 9.17) is 28.4 Å². The van der Waals surface area contributed by atoms with Crippen LogP contribution in [0.5, 0.6) is 0 Å². The van der Waals surface area contributed by atoms with Gasteiger partial charge in [0.25, 0.3) is 0 Å². The summed E-state index contributed by atoms with van der Waals surface area (Å²) in [4.78, 5) is 25.9. The summed E-state index contributed by atoms with van der Waals surface area (Å²) in [5.41, 5.74) is 0. The Bertz CT molecular complexity index is 1230. The second-order valence-electron chi connectivity index (χ2n) is 20.5. The number of rotatable bonds is 46. The van der Waals surface area contributed by atoms with E-state index in [1.54, 1.807) is 0 Å². The number of hydrogen-bond donors (Lipinski definition) is 7. The van der Waals surface area contributed by atoms with Crippen molar-refractivity contribution in [3.63, 3.8) is 0 Å². The van der Waals surface area contributed by atoms with Gasteiger partial charge >= 0.3 is 11.9 Å². The molecular weight excluding hydrogens is 901 g/mol. The van der Waals surface area contributed by atoms with Crippen molar-refractivity contribution in [2.75, 3.05) is 26.4 Å². The highest BCUT2D eigenvalue weighted by Crippen LogP contribution is 2.27. The van der Waals surface area contributed by atoms with Gasteiger partial charge in [-0.2, -0.15) is 0 Å². The van der Waals surface area contributed by atoms with Crippen LogP contribution >= 0.6 is 0 Å². The lowest BCUT2D eigenvalue weighted by molar-refractivity contribution is -0.332. The normalized spacial score (nSPS) is 25.3. The molecular formula is C55H104O15. The number of esters is 2. The highest BCUT2D eigenvalue weighted by atomic mass is 16.7.